The van der Waals surface area contributed by atoms with Crippen LogP contribution in [0.4, 0.5) is 11.4 Å². The smallest absolute Gasteiger partial charge is 0.242 e. The Morgan fingerprint density at radius 2 is 1.73 bits per heavy atom. The molecular formula is C21H31N3O2. The first-order valence-electron chi connectivity index (χ1n) is 9.95. The number of likely N-dealkylation sites (tertiary alicyclic amines) is 1. The summed E-state index contributed by atoms with van der Waals surface area (Å²) < 4.78 is 0. The maximum absolute atomic E-state index is 12.7. The Balaban J connectivity index is 1.67. The second-order valence-corrected chi connectivity index (χ2v) is 7.76. The standard InChI is InChI=1S/C21H31N3O2/c1-17-7-6-14-23(15-17)21(26)16-24(18(2)25)20-10-8-19(9-11-20)22-12-4-3-5-13-22/h8-11,17H,3-7,12-16H2,1-2H3. The number of hydrogen-bond acceptors (Lipinski definition) is 3. The van der Waals surface area contributed by atoms with Gasteiger partial charge in [0.2, 0.25) is 11.8 Å². The fourth-order valence-corrected chi connectivity index (χ4v) is 4.03. The van der Waals surface area contributed by atoms with Crippen molar-refractivity contribution < 1.29 is 9.59 Å². The number of benzene rings is 1. The van der Waals surface area contributed by atoms with Crippen LogP contribution in [-0.2, 0) is 9.59 Å². The van der Waals surface area contributed by atoms with Gasteiger partial charge in [-0.2, -0.15) is 0 Å². The van der Waals surface area contributed by atoms with Crippen LogP contribution in [0.5, 0.6) is 0 Å². The van der Waals surface area contributed by atoms with Gasteiger partial charge in [0, 0.05) is 44.5 Å². The van der Waals surface area contributed by atoms with Gasteiger partial charge in [0.05, 0.1) is 0 Å². The van der Waals surface area contributed by atoms with Crippen LogP contribution in [0.15, 0.2) is 24.3 Å². The zero-order valence-electron chi connectivity index (χ0n) is 16.1. The minimum absolute atomic E-state index is 0.0480. The second-order valence-electron chi connectivity index (χ2n) is 7.76. The Bertz CT molecular complexity index is 623. The number of anilines is 2. The van der Waals surface area contributed by atoms with Crippen LogP contribution in [0.1, 0.15) is 46.0 Å². The normalized spacial score (nSPS) is 20.8. The first-order chi connectivity index (χ1) is 12.5. The van der Waals surface area contributed by atoms with Gasteiger partial charge in [0.15, 0.2) is 0 Å². The van der Waals surface area contributed by atoms with Crippen LogP contribution in [-0.4, -0.2) is 49.4 Å². The van der Waals surface area contributed by atoms with Crippen LogP contribution in [0.3, 0.4) is 0 Å². The van der Waals surface area contributed by atoms with E-state index in [1.165, 1.54) is 38.3 Å². The largest absolute Gasteiger partial charge is 0.372 e. The topological polar surface area (TPSA) is 43.9 Å². The highest BCUT2D eigenvalue weighted by Crippen LogP contribution is 2.24. The molecular weight excluding hydrogens is 326 g/mol. The van der Waals surface area contributed by atoms with E-state index < -0.39 is 0 Å². The van der Waals surface area contributed by atoms with Gasteiger partial charge in [0.1, 0.15) is 6.54 Å². The number of carbonyl (C=O) groups excluding carboxylic acids is 2. The maximum Gasteiger partial charge on any atom is 0.242 e. The predicted octanol–water partition coefficient (Wildman–Crippen LogP) is 3.29. The van der Waals surface area contributed by atoms with Gasteiger partial charge < -0.3 is 14.7 Å². The lowest BCUT2D eigenvalue weighted by molar-refractivity contribution is -0.132. The van der Waals surface area contributed by atoms with Crippen molar-refractivity contribution in [2.45, 2.75) is 46.0 Å². The average Bonchev–Trinajstić information content (AvgIpc) is 2.66. The van der Waals surface area contributed by atoms with Gasteiger partial charge in [-0.3, -0.25) is 9.59 Å². The molecule has 1 aromatic rings. The summed E-state index contributed by atoms with van der Waals surface area (Å²) in [5.41, 5.74) is 2.00. The van der Waals surface area contributed by atoms with Crippen LogP contribution in [0.2, 0.25) is 0 Å². The Labute approximate surface area is 156 Å². The molecule has 0 radical (unpaired) electrons. The minimum atomic E-state index is -0.0888. The molecule has 5 nitrogen and oxygen atoms in total. The molecule has 0 bridgehead atoms. The molecule has 0 aliphatic carbocycles. The number of piperidine rings is 2. The summed E-state index contributed by atoms with van der Waals surface area (Å²) in [6.45, 7) is 7.65. The van der Waals surface area contributed by atoms with Gasteiger partial charge in [-0.15, -0.1) is 0 Å². The number of amides is 2. The van der Waals surface area contributed by atoms with Crippen molar-refractivity contribution in [3.8, 4) is 0 Å². The van der Waals surface area contributed by atoms with E-state index in [2.05, 4.69) is 24.0 Å². The highest BCUT2D eigenvalue weighted by Gasteiger charge is 2.24. The number of nitrogens with zero attached hydrogens (tertiary/aromatic N) is 3. The number of rotatable bonds is 4. The fraction of sp³-hybridized carbons (Fsp3) is 0.619. The third kappa shape index (κ3) is 4.57. The minimum Gasteiger partial charge on any atom is -0.372 e. The molecule has 5 heteroatoms. The molecule has 0 saturated carbocycles. The van der Waals surface area contributed by atoms with Crippen LogP contribution < -0.4 is 9.80 Å². The molecule has 3 rings (SSSR count). The third-order valence-electron chi connectivity index (χ3n) is 5.57. The van der Waals surface area contributed by atoms with E-state index in [0.29, 0.717) is 5.92 Å². The molecule has 0 spiro atoms. The summed E-state index contributed by atoms with van der Waals surface area (Å²) in [6, 6.07) is 8.09. The molecule has 2 fully saturated rings. The van der Waals surface area contributed by atoms with E-state index in [1.54, 1.807) is 4.90 Å². The summed E-state index contributed by atoms with van der Waals surface area (Å²) >= 11 is 0. The summed E-state index contributed by atoms with van der Waals surface area (Å²) in [7, 11) is 0. The summed E-state index contributed by atoms with van der Waals surface area (Å²) in [5.74, 6) is 0.503. The molecule has 2 saturated heterocycles. The average molecular weight is 357 g/mol. The molecule has 1 atom stereocenters. The van der Waals surface area contributed by atoms with Crippen molar-refractivity contribution in [1.82, 2.24) is 4.90 Å². The number of carbonyl (C=O) groups is 2. The summed E-state index contributed by atoms with van der Waals surface area (Å²) in [4.78, 5) is 30.7. The van der Waals surface area contributed by atoms with Crippen LogP contribution in [0, 0.1) is 5.92 Å². The highest BCUT2D eigenvalue weighted by molar-refractivity contribution is 5.97. The first kappa shape index (κ1) is 18.7. The molecule has 1 unspecified atom stereocenters. The second kappa shape index (κ2) is 8.56. The van der Waals surface area contributed by atoms with Crippen molar-refractivity contribution in [1.29, 1.82) is 0 Å². The fourth-order valence-electron chi connectivity index (χ4n) is 4.03. The van der Waals surface area contributed by atoms with E-state index in [4.69, 9.17) is 0 Å². The lowest BCUT2D eigenvalue weighted by Crippen LogP contribution is -2.46. The zero-order valence-corrected chi connectivity index (χ0v) is 16.1. The molecule has 2 aliphatic heterocycles. The zero-order chi connectivity index (χ0) is 18.5. The molecule has 2 amide bonds. The molecule has 142 valence electrons. The van der Waals surface area contributed by atoms with E-state index in [9.17, 15) is 9.59 Å². The van der Waals surface area contributed by atoms with Crippen molar-refractivity contribution in [3.63, 3.8) is 0 Å². The third-order valence-corrected chi connectivity index (χ3v) is 5.57. The quantitative estimate of drug-likeness (QED) is 0.830. The lowest BCUT2D eigenvalue weighted by Gasteiger charge is -2.33. The van der Waals surface area contributed by atoms with Gasteiger partial charge in [0.25, 0.3) is 0 Å². The first-order valence-corrected chi connectivity index (χ1v) is 9.95. The molecule has 0 N–H and O–H groups in total. The Morgan fingerprint density at radius 3 is 2.35 bits per heavy atom. The van der Waals surface area contributed by atoms with Gasteiger partial charge in [-0.1, -0.05) is 6.92 Å². The Hall–Kier alpha value is -2.04. The number of hydrogen-bond donors (Lipinski definition) is 0. The summed E-state index contributed by atoms with van der Waals surface area (Å²) in [6.07, 6.45) is 6.02. The Kier molecular flexibility index (Phi) is 6.17. The van der Waals surface area contributed by atoms with Crippen LogP contribution >= 0.6 is 0 Å². The van der Waals surface area contributed by atoms with E-state index >= 15 is 0 Å². The molecule has 0 aromatic heterocycles. The van der Waals surface area contributed by atoms with Gasteiger partial charge in [-0.25, -0.2) is 0 Å². The molecule has 26 heavy (non-hydrogen) atoms. The van der Waals surface area contributed by atoms with Crippen LogP contribution in [0.25, 0.3) is 0 Å². The highest BCUT2D eigenvalue weighted by atomic mass is 16.2. The monoisotopic (exact) mass is 357 g/mol. The van der Waals surface area contributed by atoms with Crippen molar-refractivity contribution >= 4 is 23.2 Å². The molecule has 2 aliphatic rings. The van der Waals surface area contributed by atoms with Crippen molar-refractivity contribution in [2.24, 2.45) is 5.92 Å². The van der Waals surface area contributed by atoms with Crippen molar-refractivity contribution in [3.05, 3.63) is 24.3 Å². The van der Waals surface area contributed by atoms with E-state index in [0.717, 1.165) is 38.3 Å². The molecule has 2 heterocycles. The van der Waals surface area contributed by atoms with E-state index in [1.807, 2.05) is 17.0 Å². The Morgan fingerprint density at radius 1 is 1.04 bits per heavy atom. The summed E-state index contributed by atoms with van der Waals surface area (Å²) in [5, 5.41) is 0. The molecule has 1 aromatic carbocycles. The van der Waals surface area contributed by atoms with Gasteiger partial charge >= 0.3 is 0 Å². The SMILES string of the molecule is CC(=O)N(CC(=O)N1CCCC(C)C1)c1ccc(N2CCCCC2)cc1. The predicted molar refractivity (Wildman–Crippen MR) is 106 cm³/mol. The maximum atomic E-state index is 12.7. The van der Waals surface area contributed by atoms with Crippen molar-refractivity contribution in [2.75, 3.05) is 42.5 Å². The van der Waals surface area contributed by atoms with Gasteiger partial charge in [-0.05, 0) is 62.3 Å². The lowest BCUT2D eigenvalue weighted by atomic mass is 10.0. The van der Waals surface area contributed by atoms with E-state index in [-0.39, 0.29) is 18.4 Å².